The summed E-state index contributed by atoms with van der Waals surface area (Å²) in [6.45, 7) is 0. The van der Waals surface area contributed by atoms with Gasteiger partial charge in [-0.3, -0.25) is 14.6 Å². The molecule has 1 amide bonds. The van der Waals surface area contributed by atoms with Crippen LogP contribution in [0.2, 0.25) is 0 Å². The monoisotopic (exact) mass is 340 g/mol. The third-order valence-electron chi connectivity index (χ3n) is 3.62. The van der Waals surface area contributed by atoms with Crippen molar-refractivity contribution in [2.75, 3.05) is 0 Å². The van der Waals surface area contributed by atoms with Crippen LogP contribution in [0, 0.1) is 5.92 Å². The summed E-state index contributed by atoms with van der Waals surface area (Å²) in [5.74, 6) is -1.59. The van der Waals surface area contributed by atoms with Crippen molar-refractivity contribution in [3.05, 3.63) is 28.5 Å². The fourth-order valence-corrected chi connectivity index (χ4v) is 2.93. The summed E-state index contributed by atoms with van der Waals surface area (Å²) in [4.78, 5) is 27.4. The molecule has 1 fully saturated rings. The number of hydrogen-bond donors (Lipinski definition) is 2. The molecule has 108 valence electrons. The Morgan fingerprint density at radius 2 is 2.00 bits per heavy atom. The Labute approximate surface area is 125 Å². The number of rotatable bonds is 3. The van der Waals surface area contributed by atoms with Gasteiger partial charge in [0.1, 0.15) is 0 Å². The molecule has 1 aliphatic carbocycles. The molecular formula is C14H17BrN2O3. The van der Waals surface area contributed by atoms with Gasteiger partial charge in [-0.15, -0.1) is 0 Å². The summed E-state index contributed by atoms with van der Waals surface area (Å²) in [5, 5.41) is 12.1. The minimum Gasteiger partial charge on any atom is -0.481 e. The third-order valence-corrected chi connectivity index (χ3v) is 4.05. The molecule has 1 aliphatic rings. The van der Waals surface area contributed by atoms with Crippen molar-refractivity contribution in [2.24, 2.45) is 5.92 Å². The number of aliphatic carboxylic acids is 1. The molecule has 1 heterocycles. The standard InChI is InChI=1S/C14H17BrN2O3/c15-10-6-9(7-16-8-10)13(18)17-12-5-3-1-2-4-11(12)14(19)20/h6-8,11-12H,1-5H2,(H,17,18)(H,19,20). The third kappa shape index (κ3) is 3.79. The molecular weight excluding hydrogens is 324 g/mol. The largest absolute Gasteiger partial charge is 0.481 e. The van der Waals surface area contributed by atoms with Gasteiger partial charge in [0.05, 0.1) is 11.5 Å². The zero-order chi connectivity index (χ0) is 14.5. The Morgan fingerprint density at radius 1 is 1.25 bits per heavy atom. The fourth-order valence-electron chi connectivity index (χ4n) is 2.56. The van der Waals surface area contributed by atoms with Gasteiger partial charge in [0.2, 0.25) is 0 Å². The molecule has 6 heteroatoms. The highest BCUT2D eigenvalue weighted by atomic mass is 79.9. The summed E-state index contributed by atoms with van der Waals surface area (Å²) < 4.78 is 0.723. The van der Waals surface area contributed by atoms with Gasteiger partial charge in [0, 0.05) is 22.9 Å². The van der Waals surface area contributed by atoms with E-state index in [0.717, 1.165) is 23.7 Å². The number of hydrogen-bond acceptors (Lipinski definition) is 3. The predicted octanol–water partition coefficient (Wildman–Crippen LogP) is 2.61. The number of nitrogens with one attached hydrogen (secondary N) is 1. The Hall–Kier alpha value is -1.43. The van der Waals surface area contributed by atoms with Crippen molar-refractivity contribution < 1.29 is 14.7 Å². The van der Waals surface area contributed by atoms with Gasteiger partial charge in [0.15, 0.2) is 0 Å². The maximum atomic E-state index is 12.2. The number of carbonyl (C=O) groups is 2. The number of nitrogens with zero attached hydrogens (tertiary/aromatic N) is 1. The molecule has 0 aromatic carbocycles. The van der Waals surface area contributed by atoms with Gasteiger partial charge < -0.3 is 10.4 Å². The van der Waals surface area contributed by atoms with Crippen molar-refractivity contribution in [1.82, 2.24) is 10.3 Å². The molecule has 2 atom stereocenters. The van der Waals surface area contributed by atoms with Gasteiger partial charge >= 0.3 is 5.97 Å². The first-order valence-electron chi connectivity index (χ1n) is 6.72. The van der Waals surface area contributed by atoms with Crippen LogP contribution in [-0.4, -0.2) is 28.0 Å². The van der Waals surface area contributed by atoms with Crippen molar-refractivity contribution in [2.45, 2.75) is 38.1 Å². The van der Waals surface area contributed by atoms with Gasteiger partial charge in [-0.2, -0.15) is 0 Å². The average molecular weight is 341 g/mol. The highest BCUT2D eigenvalue weighted by molar-refractivity contribution is 9.10. The fraction of sp³-hybridized carbons (Fsp3) is 0.500. The maximum absolute atomic E-state index is 12.2. The molecule has 2 N–H and O–H groups in total. The second-order valence-electron chi connectivity index (χ2n) is 5.05. The molecule has 2 unspecified atom stereocenters. The molecule has 0 spiro atoms. The molecule has 1 aromatic rings. The second kappa shape index (κ2) is 6.83. The van der Waals surface area contributed by atoms with Crippen molar-refractivity contribution in [3.8, 4) is 0 Å². The Kier molecular flexibility index (Phi) is 5.11. The van der Waals surface area contributed by atoms with E-state index in [4.69, 9.17) is 0 Å². The SMILES string of the molecule is O=C(NC1CCCCCC1C(=O)O)c1cncc(Br)c1. The van der Waals surface area contributed by atoms with Crippen LogP contribution in [0.3, 0.4) is 0 Å². The van der Waals surface area contributed by atoms with Crippen LogP contribution in [-0.2, 0) is 4.79 Å². The molecule has 0 aliphatic heterocycles. The van der Waals surface area contributed by atoms with Crippen LogP contribution in [0.15, 0.2) is 22.9 Å². The molecule has 0 radical (unpaired) electrons. The topological polar surface area (TPSA) is 79.3 Å². The van der Waals surface area contributed by atoms with Crippen molar-refractivity contribution >= 4 is 27.8 Å². The Bertz CT molecular complexity index is 507. The summed E-state index contributed by atoms with van der Waals surface area (Å²) in [6.07, 6.45) is 7.29. The number of halogens is 1. The molecule has 1 saturated carbocycles. The van der Waals surface area contributed by atoms with Crippen LogP contribution in [0.25, 0.3) is 0 Å². The number of aromatic nitrogens is 1. The number of amides is 1. The average Bonchev–Trinajstić information content (AvgIpc) is 2.64. The van der Waals surface area contributed by atoms with E-state index in [1.54, 1.807) is 12.3 Å². The van der Waals surface area contributed by atoms with Gasteiger partial charge in [-0.25, -0.2) is 0 Å². The van der Waals surface area contributed by atoms with E-state index in [0.29, 0.717) is 18.4 Å². The van der Waals surface area contributed by atoms with E-state index in [9.17, 15) is 14.7 Å². The smallest absolute Gasteiger partial charge is 0.308 e. The number of carboxylic acid groups (broad SMARTS) is 1. The molecule has 1 aromatic heterocycles. The van der Waals surface area contributed by atoms with E-state index in [2.05, 4.69) is 26.2 Å². The Morgan fingerprint density at radius 3 is 2.70 bits per heavy atom. The van der Waals surface area contributed by atoms with E-state index in [-0.39, 0.29) is 11.9 Å². The molecule has 0 bridgehead atoms. The maximum Gasteiger partial charge on any atom is 0.308 e. The van der Waals surface area contributed by atoms with E-state index >= 15 is 0 Å². The normalized spacial score (nSPS) is 22.9. The highest BCUT2D eigenvalue weighted by Gasteiger charge is 2.30. The summed E-state index contributed by atoms with van der Waals surface area (Å²) in [6, 6.07) is 1.37. The summed E-state index contributed by atoms with van der Waals surface area (Å²) in [5.41, 5.74) is 0.438. The molecule has 5 nitrogen and oxygen atoms in total. The second-order valence-corrected chi connectivity index (χ2v) is 5.97. The zero-order valence-corrected chi connectivity index (χ0v) is 12.6. The molecule has 0 saturated heterocycles. The lowest BCUT2D eigenvalue weighted by Gasteiger charge is -2.22. The van der Waals surface area contributed by atoms with Gasteiger partial charge in [-0.1, -0.05) is 19.3 Å². The highest BCUT2D eigenvalue weighted by Crippen LogP contribution is 2.24. The van der Waals surface area contributed by atoms with E-state index in [1.807, 2.05) is 0 Å². The first-order chi connectivity index (χ1) is 9.58. The van der Waals surface area contributed by atoms with Crippen LogP contribution in [0.1, 0.15) is 42.5 Å². The molecule has 20 heavy (non-hydrogen) atoms. The number of carbonyl (C=O) groups excluding carboxylic acids is 1. The minimum absolute atomic E-state index is 0.267. The van der Waals surface area contributed by atoms with Gasteiger partial charge in [-0.05, 0) is 34.8 Å². The van der Waals surface area contributed by atoms with Crippen molar-refractivity contribution in [1.29, 1.82) is 0 Å². The van der Waals surface area contributed by atoms with Crippen LogP contribution in [0.4, 0.5) is 0 Å². The lowest BCUT2D eigenvalue weighted by molar-refractivity contribution is -0.142. The van der Waals surface area contributed by atoms with Crippen LogP contribution >= 0.6 is 15.9 Å². The number of pyridine rings is 1. The first kappa shape index (κ1) is 15.0. The summed E-state index contributed by atoms with van der Waals surface area (Å²) >= 11 is 3.27. The van der Waals surface area contributed by atoms with Gasteiger partial charge in [0.25, 0.3) is 5.91 Å². The molecule has 2 rings (SSSR count). The minimum atomic E-state index is -0.829. The lowest BCUT2D eigenvalue weighted by Crippen LogP contribution is -2.42. The van der Waals surface area contributed by atoms with E-state index < -0.39 is 11.9 Å². The lowest BCUT2D eigenvalue weighted by atomic mass is 9.94. The van der Waals surface area contributed by atoms with Crippen molar-refractivity contribution in [3.63, 3.8) is 0 Å². The van der Waals surface area contributed by atoms with Crippen LogP contribution in [0.5, 0.6) is 0 Å². The zero-order valence-electron chi connectivity index (χ0n) is 11.0. The summed E-state index contributed by atoms with van der Waals surface area (Å²) in [7, 11) is 0. The first-order valence-corrected chi connectivity index (χ1v) is 7.51. The quantitative estimate of drug-likeness (QED) is 0.829. The van der Waals surface area contributed by atoms with E-state index in [1.165, 1.54) is 6.20 Å². The number of carboxylic acids is 1. The predicted molar refractivity (Wildman–Crippen MR) is 77.4 cm³/mol. The van der Waals surface area contributed by atoms with Crippen LogP contribution < -0.4 is 5.32 Å². The Balaban J connectivity index is 2.09.